The van der Waals surface area contributed by atoms with Gasteiger partial charge in [0.25, 0.3) is 0 Å². The summed E-state index contributed by atoms with van der Waals surface area (Å²) >= 11 is 0. The van der Waals surface area contributed by atoms with Gasteiger partial charge in [0.1, 0.15) is 6.23 Å². The second-order valence-corrected chi connectivity index (χ2v) is 3.53. The summed E-state index contributed by atoms with van der Waals surface area (Å²) in [5.74, 6) is 0. The van der Waals surface area contributed by atoms with E-state index in [0.717, 1.165) is 6.54 Å². The first-order valence-corrected chi connectivity index (χ1v) is 5.09. The number of hydrogen-bond donors (Lipinski definition) is 1. The van der Waals surface area contributed by atoms with Crippen molar-refractivity contribution in [1.29, 1.82) is 0 Å². The molecule has 3 nitrogen and oxygen atoms in total. The Hall–Kier alpha value is -0.120. The molecule has 1 N–H and O–H groups in total. The second kappa shape index (κ2) is 7.30. The van der Waals surface area contributed by atoms with Gasteiger partial charge in [-0.25, -0.2) is 0 Å². The summed E-state index contributed by atoms with van der Waals surface area (Å²) in [5, 5.41) is 3.33. The van der Waals surface area contributed by atoms with Crippen molar-refractivity contribution in [3.05, 3.63) is 0 Å². The van der Waals surface area contributed by atoms with Gasteiger partial charge < -0.3 is 9.64 Å². The van der Waals surface area contributed by atoms with Gasteiger partial charge in [-0.05, 0) is 27.1 Å². The number of hydrogen-bond acceptors (Lipinski definition) is 3. The van der Waals surface area contributed by atoms with Crippen LogP contribution < -0.4 is 5.32 Å². The molecule has 0 fully saturated rings. The summed E-state index contributed by atoms with van der Waals surface area (Å²) in [6.07, 6.45) is 2.51. The Balaban J connectivity index is 4.11. The smallest absolute Gasteiger partial charge is 0.123 e. The zero-order valence-electron chi connectivity index (χ0n) is 9.63. The normalized spacial score (nSPS) is 16.2. The number of rotatable bonds is 7. The third-order valence-electron chi connectivity index (χ3n) is 2.26. The highest BCUT2D eigenvalue weighted by Gasteiger charge is 2.20. The van der Waals surface area contributed by atoms with E-state index in [-0.39, 0.29) is 6.23 Å². The Bertz CT molecular complexity index is 117. The fraction of sp³-hybridized carbons (Fsp3) is 1.00. The number of nitrogens with zero attached hydrogens (tertiary/aromatic N) is 1. The van der Waals surface area contributed by atoms with Crippen LogP contribution in [-0.2, 0) is 4.74 Å². The molecular weight excluding hydrogens is 164 g/mol. The molecule has 0 aromatic heterocycles. The number of ether oxygens (including phenoxy) is 1. The van der Waals surface area contributed by atoms with Gasteiger partial charge in [0.15, 0.2) is 0 Å². The molecule has 2 unspecified atom stereocenters. The van der Waals surface area contributed by atoms with E-state index in [4.69, 9.17) is 4.74 Å². The van der Waals surface area contributed by atoms with Crippen LogP contribution in [0, 0.1) is 0 Å². The van der Waals surface area contributed by atoms with Crippen LogP contribution in [0.25, 0.3) is 0 Å². The quantitative estimate of drug-likeness (QED) is 0.609. The lowest BCUT2D eigenvalue weighted by atomic mass is 10.1. The summed E-state index contributed by atoms with van der Waals surface area (Å²) in [7, 11) is 5.97. The summed E-state index contributed by atoms with van der Waals surface area (Å²) < 4.78 is 5.41. The molecule has 0 aliphatic rings. The molecule has 80 valence electrons. The topological polar surface area (TPSA) is 24.5 Å². The highest BCUT2D eigenvalue weighted by atomic mass is 16.5. The van der Waals surface area contributed by atoms with Crippen molar-refractivity contribution in [2.75, 3.05) is 27.7 Å². The number of likely N-dealkylation sites (N-methyl/N-ethyl adjacent to an activating group) is 2. The van der Waals surface area contributed by atoms with Crippen molar-refractivity contribution in [3.63, 3.8) is 0 Å². The average molecular weight is 188 g/mol. The minimum absolute atomic E-state index is 0.153. The van der Waals surface area contributed by atoms with Crippen molar-refractivity contribution in [2.24, 2.45) is 0 Å². The predicted molar refractivity (Wildman–Crippen MR) is 56.9 cm³/mol. The van der Waals surface area contributed by atoms with E-state index in [1.807, 2.05) is 0 Å². The molecule has 3 heteroatoms. The molecule has 0 saturated heterocycles. The molecule has 0 aliphatic heterocycles. The Kier molecular flexibility index (Phi) is 7.23. The lowest BCUT2D eigenvalue weighted by Crippen LogP contribution is -2.48. The molecule has 0 spiro atoms. The Labute approximate surface area is 82.4 Å². The van der Waals surface area contributed by atoms with E-state index in [1.54, 1.807) is 7.11 Å². The van der Waals surface area contributed by atoms with Crippen molar-refractivity contribution in [3.8, 4) is 0 Å². The van der Waals surface area contributed by atoms with Gasteiger partial charge in [0.2, 0.25) is 0 Å². The van der Waals surface area contributed by atoms with Crippen LogP contribution in [0.15, 0.2) is 0 Å². The SMILES string of the molecule is CCCC(C(NCC)OC)N(C)C. The molecule has 2 atom stereocenters. The van der Waals surface area contributed by atoms with Gasteiger partial charge in [0, 0.05) is 13.2 Å². The average Bonchev–Trinajstić information content (AvgIpc) is 2.10. The number of methoxy groups -OCH3 is 1. The highest BCUT2D eigenvalue weighted by molar-refractivity contribution is 4.74. The van der Waals surface area contributed by atoms with Gasteiger partial charge in [-0.1, -0.05) is 20.3 Å². The van der Waals surface area contributed by atoms with Gasteiger partial charge in [-0.15, -0.1) is 0 Å². The molecule has 0 saturated carbocycles. The monoisotopic (exact) mass is 188 g/mol. The fourth-order valence-electron chi connectivity index (χ4n) is 1.55. The van der Waals surface area contributed by atoms with Crippen LogP contribution in [0.3, 0.4) is 0 Å². The molecule has 0 aromatic rings. The van der Waals surface area contributed by atoms with E-state index < -0.39 is 0 Å². The molecule has 13 heavy (non-hydrogen) atoms. The molecule has 0 aromatic carbocycles. The zero-order chi connectivity index (χ0) is 10.3. The lowest BCUT2D eigenvalue weighted by Gasteiger charge is -2.31. The van der Waals surface area contributed by atoms with Gasteiger partial charge >= 0.3 is 0 Å². The lowest BCUT2D eigenvalue weighted by molar-refractivity contribution is 0.00645. The summed E-state index contributed by atoms with van der Waals surface area (Å²) in [6.45, 7) is 5.26. The van der Waals surface area contributed by atoms with Gasteiger partial charge in [-0.3, -0.25) is 5.32 Å². The van der Waals surface area contributed by atoms with Gasteiger partial charge in [-0.2, -0.15) is 0 Å². The first-order chi connectivity index (χ1) is 6.17. The maximum atomic E-state index is 5.41. The van der Waals surface area contributed by atoms with Crippen molar-refractivity contribution < 1.29 is 4.74 Å². The van der Waals surface area contributed by atoms with Crippen molar-refractivity contribution >= 4 is 0 Å². The Morgan fingerprint density at radius 3 is 2.23 bits per heavy atom. The summed E-state index contributed by atoms with van der Waals surface area (Å²) in [4.78, 5) is 2.22. The minimum atomic E-state index is 0.153. The molecule has 0 aliphatic carbocycles. The van der Waals surface area contributed by atoms with Crippen LogP contribution in [0.5, 0.6) is 0 Å². The fourth-order valence-corrected chi connectivity index (χ4v) is 1.55. The molecule has 0 rings (SSSR count). The van der Waals surface area contributed by atoms with E-state index in [2.05, 4.69) is 38.2 Å². The summed E-state index contributed by atoms with van der Waals surface area (Å²) in [6, 6.07) is 0.468. The molecular formula is C10H24N2O. The van der Waals surface area contributed by atoms with E-state index in [9.17, 15) is 0 Å². The standard InChI is InChI=1S/C10H24N2O/c1-6-8-9(12(3)4)10(13-5)11-7-2/h9-11H,6-8H2,1-5H3. The van der Waals surface area contributed by atoms with Crippen LogP contribution in [0.2, 0.25) is 0 Å². The first-order valence-electron chi connectivity index (χ1n) is 5.09. The van der Waals surface area contributed by atoms with Crippen LogP contribution in [0.4, 0.5) is 0 Å². The first kappa shape index (κ1) is 12.9. The van der Waals surface area contributed by atoms with E-state index in [1.165, 1.54) is 12.8 Å². The second-order valence-electron chi connectivity index (χ2n) is 3.53. The van der Waals surface area contributed by atoms with Crippen molar-refractivity contribution in [2.45, 2.75) is 39.0 Å². The van der Waals surface area contributed by atoms with Crippen LogP contribution in [0.1, 0.15) is 26.7 Å². The maximum absolute atomic E-state index is 5.41. The van der Waals surface area contributed by atoms with E-state index in [0.29, 0.717) is 6.04 Å². The highest BCUT2D eigenvalue weighted by Crippen LogP contribution is 2.08. The maximum Gasteiger partial charge on any atom is 0.123 e. The number of nitrogens with one attached hydrogen (secondary N) is 1. The summed E-state index contributed by atoms with van der Waals surface area (Å²) in [5.41, 5.74) is 0. The predicted octanol–water partition coefficient (Wildman–Crippen LogP) is 1.30. The third-order valence-corrected chi connectivity index (χ3v) is 2.26. The Morgan fingerprint density at radius 2 is 1.92 bits per heavy atom. The molecule has 0 bridgehead atoms. The third kappa shape index (κ3) is 4.60. The molecule has 0 heterocycles. The zero-order valence-corrected chi connectivity index (χ0v) is 9.63. The largest absolute Gasteiger partial charge is 0.365 e. The minimum Gasteiger partial charge on any atom is -0.365 e. The molecule has 0 amide bonds. The van der Waals surface area contributed by atoms with Crippen LogP contribution >= 0.6 is 0 Å². The van der Waals surface area contributed by atoms with Gasteiger partial charge in [0.05, 0.1) is 0 Å². The molecule has 0 radical (unpaired) electrons. The van der Waals surface area contributed by atoms with Crippen molar-refractivity contribution in [1.82, 2.24) is 10.2 Å². The van der Waals surface area contributed by atoms with Crippen LogP contribution in [-0.4, -0.2) is 44.9 Å². The van der Waals surface area contributed by atoms with E-state index >= 15 is 0 Å². The Morgan fingerprint density at radius 1 is 1.31 bits per heavy atom.